The fourth-order valence-electron chi connectivity index (χ4n) is 0.884. The highest BCUT2D eigenvalue weighted by Gasteiger charge is 1.99. The van der Waals surface area contributed by atoms with Crippen molar-refractivity contribution in [1.29, 1.82) is 5.41 Å². The normalized spacial score (nSPS) is 9.42. The topological polar surface area (TPSA) is 66.9 Å². The number of rotatable bonds is 2. The van der Waals surface area contributed by atoms with Crippen LogP contribution in [0.15, 0.2) is 24.3 Å². The van der Waals surface area contributed by atoms with Crippen molar-refractivity contribution in [3.05, 3.63) is 35.4 Å². The van der Waals surface area contributed by atoms with Crippen molar-refractivity contribution < 1.29 is 4.79 Å². The van der Waals surface area contributed by atoms with Crippen LogP contribution in [0.1, 0.15) is 22.8 Å². The summed E-state index contributed by atoms with van der Waals surface area (Å²) in [6.07, 6.45) is 0. The maximum absolute atomic E-state index is 10.7. The lowest BCUT2D eigenvalue weighted by Crippen LogP contribution is -2.10. The number of primary amides is 1. The average Bonchev–Trinajstić information content (AvgIpc) is 2.04. The van der Waals surface area contributed by atoms with Gasteiger partial charge in [-0.1, -0.05) is 12.1 Å². The van der Waals surface area contributed by atoms with Crippen molar-refractivity contribution in [2.24, 2.45) is 5.73 Å². The molecule has 0 aliphatic rings. The molecule has 0 radical (unpaired) electrons. The van der Waals surface area contributed by atoms with Crippen LogP contribution in [0, 0.1) is 5.41 Å². The molecule has 3 heteroatoms. The molecule has 62 valence electrons. The van der Waals surface area contributed by atoms with Crippen LogP contribution in [0.2, 0.25) is 0 Å². The summed E-state index contributed by atoms with van der Waals surface area (Å²) in [5, 5.41) is 7.30. The van der Waals surface area contributed by atoms with Gasteiger partial charge in [0.25, 0.3) is 0 Å². The lowest BCUT2D eigenvalue weighted by Gasteiger charge is -1.98. The summed E-state index contributed by atoms with van der Waals surface area (Å²) in [4.78, 5) is 10.7. The van der Waals surface area contributed by atoms with E-state index in [0.29, 0.717) is 11.3 Å². The Balaban J connectivity index is 3.01. The molecule has 1 aromatic rings. The zero-order chi connectivity index (χ0) is 9.14. The molecule has 1 rings (SSSR count). The average molecular weight is 162 g/mol. The Morgan fingerprint density at radius 3 is 2.00 bits per heavy atom. The number of amides is 1. The molecule has 0 spiro atoms. The van der Waals surface area contributed by atoms with Gasteiger partial charge in [-0.25, -0.2) is 0 Å². The van der Waals surface area contributed by atoms with E-state index < -0.39 is 5.91 Å². The largest absolute Gasteiger partial charge is 0.366 e. The highest BCUT2D eigenvalue weighted by molar-refractivity contribution is 5.98. The van der Waals surface area contributed by atoms with E-state index in [1.165, 1.54) is 0 Å². The summed E-state index contributed by atoms with van der Waals surface area (Å²) in [5.41, 5.74) is 6.80. The van der Waals surface area contributed by atoms with Gasteiger partial charge < -0.3 is 11.1 Å². The molecule has 0 aromatic heterocycles. The number of carbonyl (C=O) groups is 1. The van der Waals surface area contributed by atoms with Gasteiger partial charge in [-0.15, -0.1) is 0 Å². The van der Waals surface area contributed by atoms with Crippen molar-refractivity contribution in [3.63, 3.8) is 0 Å². The van der Waals surface area contributed by atoms with Gasteiger partial charge in [0.15, 0.2) is 0 Å². The van der Waals surface area contributed by atoms with Crippen molar-refractivity contribution in [2.45, 2.75) is 6.92 Å². The molecule has 1 aromatic carbocycles. The highest BCUT2D eigenvalue weighted by Crippen LogP contribution is 2.03. The Labute approximate surface area is 70.7 Å². The second-order valence-electron chi connectivity index (χ2n) is 2.57. The minimum Gasteiger partial charge on any atom is -0.366 e. The zero-order valence-electron chi connectivity index (χ0n) is 6.79. The molecular formula is C9H10N2O. The second-order valence-corrected chi connectivity index (χ2v) is 2.57. The molecule has 0 unspecified atom stereocenters. The Morgan fingerprint density at radius 2 is 1.67 bits per heavy atom. The van der Waals surface area contributed by atoms with Gasteiger partial charge in [0.1, 0.15) is 0 Å². The summed E-state index contributed by atoms with van der Waals surface area (Å²) in [6.45, 7) is 1.69. The number of benzene rings is 1. The first kappa shape index (κ1) is 8.46. The molecule has 0 atom stereocenters. The molecule has 0 fully saturated rings. The third-order valence-corrected chi connectivity index (χ3v) is 1.60. The minimum atomic E-state index is -0.441. The van der Waals surface area contributed by atoms with Crippen LogP contribution in [0.4, 0.5) is 0 Å². The van der Waals surface area contributed by atoms with Crippen LogP contribution in [0.25, 0.3) is 0 Å². The summed E-state index contributed by atoms with van der Waals surface area (Å²) >= 11 is 0. The molecule has 3 nitrogen and oxygen atoms in total. The van der Waals surface area contributed by atoms with Crippen LogP contribution in [-0.4, -0.2) is 11.6 Å². The summed E-state index contributed by atoms with van der Waals surface area (Å²) in [7, 11) is 0. The molecule has 0 aliphatic heterocycles. The molecule has 0 bridgehead atoms. The van der Waals surface area contributed by atoms with Gasteiger partial charge in [-0.2, -0.15) is 0 Å². The van der Waals surface area contributed by atoms with Crippen LogP contribution in [0.3, 0.4) is 0 Å². The lowest BCUT2D eigenvalue weighted by atomic mass is 10.1. The smallest absolute Gasteiger partial charge is 0.248 e. The predicted molar refractivity (Wildman–Crippen MR) is 47.5 cm³/mol. The third kappa shape index (κ3) is 1.69. The molecule has 12 heavy (non-hydrogen) atoms. The number of hydrogen-bond donors (Lipinski definition) is 2. The second kappa shape index (κ2) is 3.17. The quantitative estimate of drug-likeness (QED) is 0.630. The predicted octanol–water partition coefficient (Wildman–Crippen LogP) is 1.17. The third-order valence-electron chi connectivity index (χ3n) is 1.60. The van der Waals surface area contributed by atoms with E-state index >= 15 is 0 Å². The molecule has 0 saturated carbocycles. The maximum Gasteiger partial charge on any atom is 0.248 e. The van der Waals surface area contributed by atoms with E-state index in [-0.39, 0.29) is 0 Å². The minimum absolute atomic E-state index is 0.441. The highest BCUT2D eigenvalue weighted by atomic mass is 16.1. The van der Waals surface area contributed by atoms with Crippen LogP contribution < -0.4 is 5.73 Å². The van der Waals surface area contributed by atoms with E-state index in [0.717, 1.165) is 5.56 Å². The number of nitrogens with two attached hydrogens (primary N) is 1. The fraction of sp³-hybridized carbons (Fsp3) is 0.111. The molecule has 0 saturated heterocycles. The Kier molecular flexibility index (Phi) is 2.24. The van der Waals surface area contributed by atoms with E-state index in [9.17, 15) is 4.79 Å². The van der Waals surface area contributed by atoms with E-state index in [4.69, 9.17) is 11.1 Å². The Morgan fingerprint density at radius 1 is 1.25 bits per heavy atom. The van der Waals surface area contributed by atoms with Crippen LogP contribution in [-0.2, 0) is 0 Å². The summed E-state index contributed by atoms with van der Waals surface area (Å²) in [5.74, 6) is -0.441. The lowest BCUT2D eigenvalue weighted by molar-refractivity contribution is 0.100. The van der Waals surface area contributed by atoms with Gasteiger partial charge in [-0.05, 0) is 24.6 Å². The Hall–Kier alpha value is -1.64. The fourth-order valence-corrected chi connectivity index (χ4v) is 0.884. The van der Waals surface area contributed by atoms with E-state index in [1.54, 1.807) is 31.2 Å². The molecule has 1 amide bonds. The van der Waals surface area contributed by atoms with Gasteiger partial charge in [-0.3, -0.25) is 4.79 Å². The zero-order valence-corrected chi connectivity index (χ0v) is 6.79. The number of hydrogen-bond acceptors (Lipinski definition) is 2. The number of nitrogens with one attached hydrogen (secondary N) is 1. The van der Waals surface area contributed by atoms with Crippen molar-refractivity contribution >= 4 is 11.6 Å². The summed E-state index contributed by atoms with van der Waals surface area (Å²) in [6, 6.07) is 6.66. The van der Waals surface area contributed by atoms with Crippen LogP contribution in [0.5, 0.6) is 0 Å². The van der Waals surface area contributed by atoms with Crippen LogP contribution >= 0.6 is 0 Å². The first-order chi connectivity index (χ1) is 5.61. The van der Waals surface area contributed by atoms with E-state index in [2.05, 4.69) is 0 Å². The van der Waals surface area contributed by atoms with Crippen molar-refractivity contribution in [2.75, 3.05) is 0 Å². The standard InChI is InChI=1S/C9H10N2O/c1-6(10)7-2-4-8(5-3-7)9(11)12/h2-5,10H,1H3,(H2,11,12). The van der Waals surface area contributed by atoms with Gasteiger partial charge in [0.05, 0.1) is 0 Å². The van der Waals surface area contributed by atoms with Crippen molar-refractivity contribution in [1.82, 2.24) is 0 Å². The molecule has 0 aliphatic carbocycles. The molecule has 3 N–H and O–H groups in total. The van der Waals surface area contributed by atoms with Gasteiger partial charge >= 0.3 is 0 Å². The molecular weight excluding hydrogens is 152 g/mol. The maximum atomic E-state index is 10.7. The molecule has 0 heterocycles. The monoisotopic (exact) mass is 162 g/mol. The number of carbonyl (C=O) groups excluding carboxylic acids is 1. The Bertz CT molecular complexity index is 281. The van der Waals surface area contributed by atoms with Gasteiger partial charge in [0, 0.05) is 11.3 Å². The van der Waals surface area contributed by atoms with E-state index in [1.807, 2.05) is 0 Å². The van der Waals surface area contributed by atoms with Gasteiger partial charge in [0.2, 0.25) is 5.91 Å². The van der Waals surface area contributed by atoms with Crippen molar-refractivity contribution in [3.8, 4) is 0 Å². The first-order valence-electron chi connectivity index (χ1n) is 3.56. The SMILES string of the molecule is CC(=N)c1ccc(C(N)=O)cc1. The first-order valence-corrected chi connectivity index (χ1v) is 3.56. The summed E-state index contributed by atoms with van der Waals surface area (Å²) < 4.78 is 0.